The molecule has 0 N–H and O–H groups in total. The van der Waals surface area contributed by atoms with E-state index in [1.165, 1.54) is 135 Å². The fourth-order valence-corrected chi connectivity index (χ4v) is 4.48. The highest BCUT2D eigenvalue weighted by atomic mass is 15.2. The lowest BCUT2D eigenvalue weighted by Gasteiger charge is -2.24. The third-order valence-electron chi connectivity index (χ3n) is 6.19. The lowest BCUT2D eigenvalue weighted by Crippen LogP contribution is -2.30. The second-order valence-electron chi connectivity index (χ2n) is 8.57. The largest absolute Gasteiger partial charge is 0.300 e. The van der Waals surface area contributed by atoms with Gasteiger partial charge >= 0.3 is 0 Å². The van der Waals surface area contributed by atoms with Crippen LogP contribution in [0.15, 0.2) is 0 Å². The van der Waals surface area contributed by atoms with Crippen LogP contribution in [-0.4, -0.2) is 24.0 Å². The van der Waals surface area contributed by atoms with Gasteiger partial charge in [-0.3, -0.25) is 0 Å². The number of likely N-dealkylation sites (tertiary alicyclic amines) is 1. The molecular formula is C24H49N. The molecule has 150 valence electrons. The summed E-state index contributed by atoms with van der Waals surface area (Å²) < 4.78 is 0. The highest BCUT2D eigenvalue weighted by Crippen LogP contribution is 2.23. The molecule has 0 radical (unpaired) electrons. The Labute approximate surface area is 160 Å². The van der Waals surface area contributed by atoms with Crippen LogP contribution >= 0.6 is 0 Å². The first kappa shape index (κ1) is 23.0. The van der Waals surface area contributed by atoms with Crippen LogP contribution in [0, 0.1) is 0 Å². The molecule has 1 fully saturated rings. The number of hydrogen-bond donors (Lipinski definition) is 0. The summed E-state index contributed by atoms with van der Waals surface area (Å²) in [4.78, 5) is 2.83. The standard InChI is InChI=1S/C24H49N/c1-3-5-7-9-11-13-15-17-20-24-21-19-23-25(24)22-18-16-14-12-10-8-6-4-2/h24H,3-23H2,1-2H3. The van der Waals surface area contributed by atoms with E-state index in [0.29, 0.717) is 0 Å². The van der Waals surface area contributed by atoms with E-state index in [4.69, 9.17) is 0 Å². The molecule has 1 aliphatic heterocycles. The zero-order valence-electron chi connectivity index (χ0n) is 17.9. The maximum absolute atomic E-state index is 2.83. The van der Waals surface area contributed by atoms with Crippen molar-refractivity contribution in [1.29, 1.82) is 0 Å². The fourth-order valence-electron chi connectivity index (χ4n) is 4.48. The van der Waals surface area contributed by atoms with Crippen LogP contribution in [-0.2, 0) is 0 Å². The summed E-state index contributed by atoms with van der Waals surface area (Å²) in [6.07, 6.45) is 27.7. The molecule has 0 aromatic carbocycles. The van der Waals surface area contributed by atoms with Gasteiger partial charge < -0.3 is 4.90 Å². The third kappa shape index (κ3) is 12.9. The van der Waals surface area contributed by atoms with E-state index >= 15 is 0 Å². The van der Waals surface area contributed by atoms with Crippen LogP contribution in [0.5, 0.6) is 0 Å². The highest BCUT2D eigenvalue weighted by Gasteiger charge is 2.22. The van der Waals surface area contributed by atoms with Crippen LogP contribution < -0.4 is 0 Å². The van der Waals surface area contributed by atoms with Crippen molar-refractivity contribution >= 4 is 0 Å². The summed E-state index contributed by atoms with van der Waals surface area (Å²) in [5.41, 5.74) is 0. The van der Waals surface area contributed by atoms with Gasteiger partial charge in [0.1, 0.15) is 0 Å². The molecule has 1 atom stereocenters. The molecule has 1 saturated heterocycles. The number of rotatable bonds is 18. The molecule has 1 rings (SSSR count). The summed E-state index contributed by atoms with van der Waals surface area (Å²) in [5.74, 6) is 0. The lowest BCUT2D eigenvalue weighted by atomic mass is 10.0. The van der Waals surface area contributed by atoms with Crippen LogP contribution in [0.4, 0.5) is 0 Å². The van der Waals surface area contributed by atoms with Gasteiger partial charge in [0.2, 0.25) is 0 Å². The van der Waals surface area contributed by atoms with E-state index in [0.717, 1.165) is 6.04 Å². The quantitative estimate of drug-likeness (QED) is 0.225. The van der Waals surface area contributed by atoms with Crippen molar-refractivity contribution < 1.29 is 0 Å². The van der Waals surface area contributed by atoms with Gasteiger partial charge in [0.25, 0.3) is 0 Å². The monoisotopic (exact) mass is 351 g/mol. The summed E-state index contributed by atoms with van der Waals surface area (Å²) in [6, 6.07) is 0.935. The summed E-state index contributed by atoms with van der Waals surface area (Å²) in [5, 5.41) is 0. The molecule has 25 heavy (non-hydrogen) atoms. The number of unbranched alkanes of at least 4 members (excludes halogenated alkanes) is 14. The Hall–Kier alpha value is -0.0400. The van der Waals surface area contributed by atoms with Crippen molar-refractivity contribution in [1.82, 2.24) is 4.90 Å². The second-order valence-corrected chi connectivity index (χ2v) is 8.57. The molecule has 1 heteroatoms. The van der Waals surface area contributed by atoms with Crippen molar-refractivity contribution in [2.75, 3.05) is 13.1 Å². The summed E-state index contributed by atoms with van der Waals surface area (Å²) in [6.45, 7) is 7.38. The predicted molar refractivity (Wildman–Crippen MR) is 114 cm³/mol. The van der Waals surface area contributed by atoms with Crippen molar-refractivity contribution in [3.8, 4) is 0 Å². The van der Waals surface area contributed by atoms with Gasteiger partial charge in [-0.25, -0.2) is 0 Å². The molecule has 0 spiro atoms. The van der Waals surface area contributed by atoms with Crippen LogP contribution in [0.3, 0.4) is 0 Å². The smallest absolute Gasteiger partial charge is 0.00957 e. The van der Waals surface area contributed by atoms with Crippen molar-refractivity contribution in [2.45, 2.75) is 142 Å². The average molecular weight is 352 g/mol. The molecule has 1 aliphatic rings. The van der Waals surface area contributed by atoms with Gasteiger partial charge in [0, 0.05) is 6.04 Å². The Morgan fingerprint density at radius 2 is 1.08 bits per heavy atom. The molecule has 1 nitrogen and oxygen atoms in total. The molecule has 1 unspecified atom stereocenters. The Bertz CT molecular complexity index is 237. The fraction of sp³-hybridized carbons (Fsp3) is 1.00. The molecular weight excluding hydrogens is 302 g/mol. The van der Waals surface area contributed by atoms with Gasteiger partial charge in [-0.15, -0.1) is 0 Å². The molecule has 0 aromatic heterocycles. The zero-order chi connectivity index (χ0) is 18.0. The van der Waals surface area contributed by atoms with E-state index in [2.05, 4.69) is 18.7 Å². The van der Waals surface area contributed by atoms with Crippen LogP contribution in [0.25, 0.3) is 0 Å². The Balaban J connectivity index is 1.91. The molecule has 0 bridgehead atoms. The maximum atomic E-state index is 2.83. The van der Waals surface area contributed by atoms with Crippen molar-refractivity contribution in [2.24, 2.45) is 0 Å². The zero-order valence-corrected chi connectivity index (χ0v) is 17.9. The predicted octanol–water partition coefficient (Wildman–Crippen LogP) is 8.12. The Morgan fingerprint density at radius 3 is 1.64 bits per heavy atom. The van der Waals surface area contributed by atoms with Crippen molar-refractivity contribution in [3.05, 3.63) is 0 Å². The van der Waals surface area contributed by atoms with E-state index in [1.807, 2.05) is 0 Å². The Morgan fingerprint density at radius 1 is 0.600 bits per heavy atom. The molecule has 0 amide bonds. The first-order valence-electron chi connectivity index (χ1n) is 12.1. The lowest BCUT2D eigenvalue weighted by molar-refractivity contribution is 0.233. The molecule has 0 aromatic rings. The van der Waals surface area contributed by atoms with Crippen molar-refractivity contribution in [3.63, 3.8) is 0 Å². The van der Waals surface area contributed by atoms with Gasteiger partial charge in [-0.1, -0.05) is 110 Å². The van der Waals surface area contributed by atoms with E-state index in [-0.39, 0.29) is 0 Å². The first-order chi connectivity index (χ1) is 12.4. The van der Waals surface area contributed by atoms with Gasteiger partial charge in [-0.2, -0.15) is 0 Å². The Kier molecular flexibility index (Phi) is 16.0. The third-order valence-corrected chi connectivity index (χ3v) is 6.19. The minimum atomic E-state index is 0.935. The SMILES string of the molecule is CCCCCCCCCCC1CCCN1CCCCCCCCCC. The van der Waals surface area contributed by atoms with Crippen LogP contribution in [0.2, 0.25) is 0 Å². The topological polar surface area (TPSA) is 3.24 Å². The second kappa shape index (κ2) is 17.4. The highest BCUT2D eigenvalue weighted by molar-refractivity contribution is 4.78. The number of nitrogens with zero attached hydrogens (tertiary/aromatic N) is 1. The minimum Gasteiger partial charge on any atom is -0.300 e. The van der Waals surface area contributed by atoms with Gasteiger partial charge in [0.05, 0.1) is 0 Å². The first-order valence-corrected chi connectivity index (χ1v) is 12.1. The van der Waals surface area contributed by atoms with E-state index < -0.39 is 0 Å². The average Bonchev–Trinajstić information content (AvgIpc) is 3.07. The number of hydrogen-bond acceptors (Lipinski definition) is 1. The summed E-state index contributed by atoms with van der Waals surface area (Å²) >= 11 is 0. The van der Waals surface area contributed by atoms with E-state index in [1.54, 1.807) is 0 Å². The molecule has 0 aliphatic carbocycles. The van der Waals surface area contributed by atoms with Gasteiger partial charge in [0.15, 0.2) is 0 Å². The molecule has 1 heterocycles. The van der Waals surface area contributed by atoms with E-state index in [9.17, 15) is 0 Å². The normalized spacial score (nSPS) is 18.2. The maximum Gasteiger partial charge on any atom is 0.00957 e. The molecule has 0 saturated carbocycles. The van der Waals surface area contributed by atoms with Crippen LogP contribution in [0.1, 0.15) is 136 Å². The minimum absolute atomic E-state index is 0.935. The summed E-state index contributed by atoms with van der Waals surface area (Å²) in [7, 11) is 0. The van der Waals surface area contributed by atoms with Gasteiger partial charge in [-0.05, 0) is 38.8 Å².